The molecule has 0 fully saturated rings. The normalized spacial score (nSPS) is 10.3. The van der Waals surface area contributed by atoms with E-state index in [1.807, 2.05) is 11.4 Å². The molecule has 1 aromatic carbocycles. The number of rotatable bonds is 5. The average Bonchev–Trinajstić information content (AvgIpc) is 2.83. The van der Waals surface area contributed by atoms with E-state index >= 15 is 0 Å². The third-order valence-electron chi connectivity index (χ3n) is 2.68. The fraction of sp³-hybridized carbons (Fsp3) is 0.214. The molecule has 4 nitrogen and oxygen atoms in total. The van der Waals surface area contributed by atoms with Crippen molar-refractivity contribution >= 4 is 38.9 Å². The van der Waals surface area contributed by atoms with Gasteiger partial charge in [0.25, 0.3) is 5.91 Å². The minimum atomic E-state index is -0.0636. The first kappa shape index (κ1) is 14.9. The monoisotopic (exact) mass is 354 g/mol. The topological polar surface area (TPSA) is 55.6 Å². The van der Waals surface area contributed by atoms with E-state index in [0.29, 0.717) is 18.0 Å². The highest BCUT2D eigenvalue weighted by Gasteiger charge is 2.11. The number of carbonyl (C=O) groups excluding carboxylic acids is 1. The first-order valence-electron chi connectivity index (χ1n) is 6.00. The van der Waals surface area contributed by atoms with Crippen LogP contribution in [0, 0.1) is 0 Å². The van der Waals surface area contributed by atoms with Gasteiger partial charge in [-0.3, -0.25) is 4.79 Å². The molecule has 1 aromatic heterocycles. The van der Waals surface area contributed by atoms with Crippen molar-refractivity contribution in [3.05, 3.63) is 45.1 Å². The molecule has 0 aliphatic carbocycles. The Balaban J connectivity index is 1.83. The number of ether oxygens (including phenoxy) is 1. The van der Waals surface area contributed by atoms with Crippen LogP contribution >= 0.6 is 27.3 Å². The number of thiophene rings is 1. The van der Waals surface area contributed by atoms with Crippen LogP contribution in [0.1, 0.15) is 4.88 Å². The molecule has 106 valence electrons. The largest absolute Gasteiger partial charge is 0.484 e. The van der Waals surface area contributed by atoms with Crippen molar-refractivity contribution in [2.75, 3.05) is 19.4 Å². The summed E-state index contributed by atoms with van der Waals surface area (Å²) in [7, 11) is 1.77. The zero-order valence-corrected chi connectivity index (χ0v) is 13.4. The van der Waals surface area contributed by atoms with E-state index in [2.05, 4.69) is 15.9 Å². The second kappa shape index (κ2) is 6.76. The van der Waals surface area contributed by atoms with Crippen LogP contribution in [0.4, 0.5) is 5.69 Å². The second-order valence-electron chi connectivity index (χ2n) is 4.34. The third-order valence-corrected chi connectivity index (χ3v) is 4.37. The molecule has 2 N–H and O–H groups in total. The van der Waals surface area contributed by atoms with Gasteiger partial charge in [-0.1, -0.05) is 0 Å². The lowest BCUT2D eigenvalue weighted by Gasteiger charge is -2.16. The summed E-state index contributed by atoms with van der Waals surface area (Å²) in [5.74, 6) is 0.575. The molecule has 2 rings (SSSR count). The molecule has 0 spiro atoms. The van der Waals surface area contributed by atoms with E-state index in [0.717, 1.165) is 9.35 Å². The molecule has 0 saturated heterocycles. The number of halogens is 1. The Hall–Kier alpha value is -1.53. The molecule has 20 heavy (non-hydrogen) atoms. The Bertz CT molecular complexity index is 583. The summed E-state index contributed by atoms with van der Waals surface area (Å²) in [6.45, 7) is 0.604. The van der Waals surface area contributed by atoms with Gasteiger partial charge >= 0.3 is 0 Å². The fourth-order valence-electron chi connectivity index (χ4n) is 1.58. The van der Waals surface area contributed by atoms with E-state index in [4.69, 9.17) is 10.5 Å². The molecule has 0 unspecified atom stereocenters. The van der Waals surface area contributed by atoms with Crippen molar-refractivity contribution < 1.29 is 9.53 Å². The summed E-state index contributed by atoms with van der Waals surface area (Å²) in [5, 5.41) is 2.00. The highest BCUT2D eigenvalue weighted by molar-refractivity contribution is 9.10. The van der Waals surface area contributed by atoms with E-state index in [-0.39, 0.29) is 12.5 Å². The molecule has 0 bridgehead atoms. The molecule has 1 amide bonds. The number of carbonyl (C=O) groups is 1. The van der Waals surface area contributed by atoms with Gasteiger partial charge in [0, 0.05) is 27.5 Å². The second-order valence-corrected chi connectivity index (χ2v) is 6.25. The van der Waals surface area contributed by atoms with Crippen molar-refractivity contribution in [3.8, 4) is 5.75 Å². The van der Waals surface area contributed by atoms with Gasteiger partial charge in [0.15, 0.2) is 6.61 Å². The van der Waals surface area contributed by atoms with Crippen LogP contribution in [0.2, 0.25) is 0 Å². The summed E-state index contributed by atoms with van der Waals surface area (Å²) in [5.41, 5.74) is 6.26. The maximum Gasteiger partial charge on any atom is 0.260 e. The number of nitrogen functional groups attached to an aromatic ring is 1. The van der Waals surface area contributed by atoms with Gasteiger partial charge in [-0.25, -0.2) is 0 Å². The van der Waals surface area contributed by atoms with E-state index < -0.39 is 0 Å². The average molecular weight is 355 g/mol. The van der Waals surface area contributed by atoms with Crippen LogP contribution in [0.5, 0.6) is 5.75 Å². The summed E-state index contributed by atoms with van der Waals surface area (Å²) in [6.07, 6.45) is 0. The first-order chi connectivity index (χ1) is 9.54. The fourth-order valence-corrected chi connectivity index (χ4v) is 3.08. The van der Waals surface area contributed by atoms with Gasteiger partial charge < -0.3 is 15.4 Å². The predicted molar refractivity (Wildman–Crippen MR) is 84.8 cm³/mol. The third kappa shape index (κ3) is 4.25. The highest BCUT2D eigenvalue weighted by Crippen LogP contribution is 2.21. The minimum Gasteiger partial charge on any atom is -0.484 e. The van der Waals surface area contributed by atoms with Gasteiger partial charge in [0.2, 0.25) is 0 Å². The van der Waals surface area contributed by atoms with Crippen molar-refractivity contribution in [2.24, 2.45) is 0 Å². The van der Waals surface area contributed by atoms with Crippen molar-refractivity contribution in [2.45, 2.75) is 6.54 Å². The Kier molecular flexibility index (Phi) is 5.03. The van der Waals surface area contributed by atoms with Gasteiger partial charge in [-0.2, -0.15) is 0 Å². The standard InChI is InChI=1S/C14H15BrN2O2S/c1-17(7-13-6-10(15)9-20-13)14(18)8-19-12-4-2-11(16)3-5-12/h2-6,9H,7-8,16H2,1H3. The number of amides is 1. The molecular weight excluding hydrogens is 340 g/mol. The molecule has 0 aliphatic rings. The number of nitrogens with zero attached hydrogens (tertiary/aromatic N) is 1. The zero-order valence-electron chi connectivity index (χ0n) is 11.0. The number of anilines is 1. The Labute approximate surface area is 130 Å². The van der Waals surface area contributed by atoms with E-state index in [9.17, 15) is 4.79 Å². The van der Waals surface area contributed by atoms with E-state index in [1.54, 1.807) is 47.5 Å². The lowest BCUT2D eigenvalue weighted by Crippen LogP contribution is -2.30. The van der Waals surface area contributed by atoms with E-state index in [1.165, 1.54) is 0 Å². The Morgan fingerprint density at radius 1 is 1.40 bits per heavy atom. The molecule has 0 radical (unpaired) electrons. The molecule has 0 atom stereocenters. The number of likely N-dealkylation sites (N-methyl/N-ethyl adjacent to an activating group) is 1. The Morgan fingerprint density at radius 2 is 2.10 bits per heavy atom. The summed E-state index contributed by atoms with van der Waals surface area (Å²) in [4.78, 5) is 14.7. The number of nitrogens with two attached hydrogens (primary N) is 1. The quantitative estimate of drug-likeness (QED) is 0.839. The maximum atomic E-state index is 12.0. The lowest BCUT2D eigenvalue weighted by atomic mass is 10.3. The molecule has 6 heteroatoms. The summed E-state index contributed by atoms with van der Waals surface area (Å²) in [6, 6.07) is 8.99. The molecule has 2 aromatic rings. The van der Waals surface area contributed by atoms with Gasteiger partial charge in [0.1, 0.15) is 5.75 Å². The number of hydrogen-bond donors (Lipinski definition) is 1. The smallest absolute Gasteiger partial charge is 0.260 e. The highest BCUT2D eigenvalue weighted by atomic mass is 79.9. The van der Waals surface area contributed by atoms with Crippen LogP contribution < -0.4 is 10.5 Å². The van der Waals surface area contributed by atoms with Crippen LogP contribution in [0.3, 0.4) is 0 Å². The summed E-state index contributed by atoms with van der Waals surface area (Å²) < 4.78 is 6.47. The van der Waals surface area contributed by atoms with Gasteiger partial charge in [-0.05, 0) is 46.3 Å². The van der Waals surface area contributed by atoms with Crippen LogP contribution in [-0.4, -0.2) is 24.5 Å². The SMILES string of the molecule is CN(Cc1cc(Br)cs1)C(=O)COc1ccc(N)cc1. The minimum absolute atomic E-state index is 0.0208. The zero-order chi connectivity index (χ0) is 14.5. The first-order valence-corrected chi connectivity index (χ1v) is 7.67. The predicted octanol–water partition coefficient (Wildman–Crippen LogP) is 3.13. The van der Waals surface area contributed by atoms with Crippen LogP contribution in [0.25, 0.3) is 0 Å². The van der Waals surface area contributed by atoms with Crippen LogP contribution in [-0.2, 0) is 11.3 Å². The number of hydrogen-bond acceptors (Lipinski definition) is 4. The molecule has 1 heterocycles. The van der Waals surface area contributed by atoms with Crippen molar-refractivity contribution in [1.29, 1.82) is 0 Å². The van der Waals surface area contributed by atoms with Crippen molar-refractivity contribution in [1.82, 2.24) is 4.90 Å². The molecular formula is C14H15BrN2O2S. The Morgan fingerprint density at radius 3 is 2.70 bits per heavy atom. The summed E-state index contributed by atoms with van der Waals surface area (Å²) >= 11 is 5.01. The molecule has 0 aliphatic heterocycles. The van der Waals surface area contributed by atoms with Crippen LogP contribution in [0.15, 0.2) is 40.2 Å². The van der Waals surface area contributed by atoms with Gasteiger partial charge in [-0.15, -0.1) is 11.3 Å². The van der Waals surface area contributed by atoms with Crippen molar-refractivity contribution in [3.63, 3.8) is 0 Å². The lowest BCUT2D eigenvalue weighted by molar-refractivity contribution is -0.132. The molecule has 0 saturated carbocycles. The maximum absolute atomic E-state index is 12.0. The van der Waals surface area contributed by atoms with Gasteiger partial charge in [0.05, 0.1) is 6.54 Å². The number of benzene rings is 1.